The maximum absolute atomic E-state index is 12.9. The van der Waals surface area contributed by atoms with Gasteiger partial charge in [0.2, 0.25) is 5.95 Å². The number of nitrogens with zero attached hydrogens (tertiary/aromatic N) is 4. The molecule has 1 aromatic rings. The van der Waals surface area contributed by atoms with Gasteiger partial charge in [0.25, 0.3) is 0 Å². The summed E-state index contributed by atoms with van der Waals surface area (Å²) in [5, 5.41) is 0. The molecule has 0 amide bonds. The highest BCUT2D eigenvalue weighted by Crippen LogP contribution is 2.35. The average molecular weight is 344 g/mol. The van der Waals surface area contributed by atoms with Crippen molar-refractivity contribution in [1.82, 2.24) is 14.9 Å². The molecule has 0 radical (unpaired) electrons. The fraction of sp³-hybridized carbons (Fsp3) is 0.750. The van der Waals surface area contributed by atoms with Gasteiger partial charge in [0.05, 0.1) is 13.2 Å². The summed E-state index contributed by atoms with van der Waals surface area (Å²) in [7, 11) is 0. The van der Waals surface area contributed by atoms with Crippen LogP contribution in [-0.4, -0.2) is 60.8 Å². The largest absolute Gasteiger partial charge is 0.433 e. The van der Waals surface area contributed by atoms with Crippen LogP contribution in [0.3, 0.4) is 0 Å². The van der Waals surface area contributed by atoms with Gasteiger partial charge in [-0.3, -0.25) is 0 Å². The first-order chi connectivity index (χ1) is 11.4. The molecule has 0 aliphatic carbocycles. The number of likely N-dealkylation sites (N-methyl/N-ethyl adjacent to an activating group) is 1. The molecule has 2 saturated heterocycles. The number of ether oxygens (including phenoxy) is 1. The van der Waals surface area contributed by atoms with Gasteiger partial charge in [0.1, 0.15) is 5.69 Å². The zero-order chi connectivity index (χ0) is 17.2. The van der Waals surface area contributed by atoms with E-state index in [0.29, 0.717) is 26.3 Å². The van der Waals surface area contributed by atoms with E-state index in [2.05, 4.69) is 21.8 Å². The van der Waals surface area contributed by atoms with Crippen LogP contribution in [0.2, 0.25) is 0 Å². The first-order valence-electron chi connectivity index (χ1n) is 8.37. The molecule has 3 heterocycles. The zero-order valence-electron chi connectivity index (χ0n) is 13.8. The molecule has 2 aliphatic heterocycles. The van der Waals surface area contributed by atoms with Gasteiger partial charge in [-0.2, -0.15) is 13.2 Å². The molecular formula is C16H23F3N4O. The molecule has 0 N–H and O–H groups in total. The van der Waals surface area contributed by atoms with Crippen molar-refractivity contribution in [3.05, 3.63) is 18.0 Å². The van der Waals surface area contributed by atoms with Crippen molar-refractivity contribution in [2.75, 3.05) is 50.8 Å². The maximum Gasteiger partial charge on any atom is 0.433 e. The number of anilines is 1. The van der Waals surface area contributed by atoms with Gasteiger partial charge < -0.3 is 14.5 Å². The van der Waals surface area contributed by atoms with Crippen molar-refractivity contribution in [3.8, 4) is 0 Å². The molecule has 1 aromatic heterocycles. The molecule has 3 rings (SSSR count). The van der Waals surface area contributed by atoms with Gasteiger partial charge in [-0.25, -0.2) is 9.97 Å². The fourth-order valence-electron chi connectivity index (χ4n) is 3.64. The van der Waals surface area contributed by atoms with Crippen molar-refractivity contribution < 1.29 is 17.9 Å². The summed E-state index contributed by atoms with van der Waals surface area (Å²) in [4.78, 5) is 12.0. The Morgan fingerprint density at radius 1 is 1.29 bits per heavy atom. The molecule has 24 heavy (non-hydrogen) atoms. The molecule has 1 unspecified atom stereocenters. The Hall–Kier alpha value is -1.41. The number of alkyl halides is 3. The molecule has 5 nitrogen and oxygen atoms in total. The van der Waals surface area contributed by atoms with Gasteiger partial charge >= 0.3 is 6.18 Å². The quantitative estimate of drug-likeness (QED) is 0.824. The SMILES string of the molecule is CCN1CCOCC2(CCCN(c3nccc(C(F)(F)F)n3)C2)C1. The van der Waals surface area contributed by atoms with Crippen molar-refractivity contribution in [1.29, 1.82) is 0 Å². The Balaban J connectivity index is 1.80. The van der Waals surface area contributed by atoms with Gasteiger partial charge in [0, 0.05) is 37.8 Å². The molecule has 2 aliphatic rings. The summed E-state index contributed by atoms with van der Waals surface area (Å²) >= 11 is 0. The van der Waals surface area contributed by atoms with Crippen LogP contribution < -0.4 is 4.90 Å². The number of aromatic nitrogens is 2. The van der Waals surface area contributed by atoms with E-state index in [1.54, 1.807) is 0 Å². The highest BCUT2D eigenvalue weighted by atomic mass is 19.4. The number of halogens is 3. The van der Waals surface area contributed by atoms with Crippen LogP contribution in [-0.2, 0) is 10.9 Å². The van der Waals surface area contributed by atoms with Gasteiger partial charge in [-0.15, -0.1) is 0 Å². The fourth-order valence-corrected chi connectivity index (χ4v) is 3.64. The summed E-state index contributed by atoms with van der Waals surface area (Å²) in [6.07, 6.45) is -1.34. The van der Waals surface area contributed by atoms with Crippen LogP contribution in [0.4, 0.5) is 19.1 Å². The minimum atomic E-state index is -4.45. The molecule has 0 saturated carbocycles. The smallest absolute Gasteiger partial charge is 0.379 e. The molecule has 0 bridgehead atoms. The highest BCUT2D eigenvalue weighted by Gasteiger charge is 2.40. The molecular weight excluding hydrogens is 321 g/mol. The van der Waals surface area contributed by atoms with Crippen LogP contribution in [0.5, 0.6) is 0 Å². The van der Waals surface area contributed by atoms with Crippen LogP contribution >= 0.6 is 0 Å². The molecule has 8 heteroatoms. The van der Waals surface area contributed by atoms with Crippen molar-refractivity contribution in [2.45, 2.75) is 25.9 Å². The Kier molecular flexibility index (Phi) is 4.96. The van der Waals surface area contributed by atoms with E-state index in [1.807, 2.05) is 4.90 Å². The van der Waals surface area contributed by atoms with Crippen LogP contribution in [0.25, 0.3) is 0 Å². The van der Waals surface area contributed by atoms with Crippen LogP contribution in [0.15, 0.2) is 12.3 Å². The van der Waals surface area contributed by atoms with Gasteiger partial charge in [-0.05, 0) is 25.5 Å². The molecule has 134 valence electrons. The van der Waals surface area contributed by atoms with E-state index in [0.717, 1.165) is 38.5 Å². The number of hydrogen-bond donors (Lipinski definition) is 0. The summed E-state index contributed by atoms with van der Waals surface area (Å²) in [6.45, 7) is 7.52. The van der Waals surface area contributed by atoms with Crippen LogP contribution in [0, 0.1) is 5.41 Å². The molecule has 0 aromatic carbocycles. The summed E-state index contributed by atoms with van der Waals surface area (Å²) in [6, 6.07) is 0.913. The van der Waals surface area contributed by atoms with E-state index < -0.39 is 11.9 Å². The minimum Gasteiger partial charge on any atom is -0.379 e. The van der Waals surface area contributed by atoms with E-state index in [4.69, 9.17) is 4.74 Å². The standard InChI is InChI=1S/C16H23F3N4O/c1-2-22-8-9-24-12-15(10-22)5-3-7-23(11-15)14-20-6-4-13(21-14)16(17,18)19/h4,6H,2-3,5,7-12H2,1H3. The Morgan fingerprint density at radius 2 is 2.12 bits per heavy atom. The van der Waals surface area contributed by atoms with Crippen molar-refractivity contribution >= 4 is 5.95 Å². The maximum atomic E-state index is 12.9. The Bertz CT molecular complexity index is 568. The second-order valence-corrected chi connectivity index (χ2v) is 6.69. The van der Waals surface area contributed by atoms with Crippen molar-refractivity contribution in [3.63, 3.8) is 0 Å². The lowest BCUT2D eigenvalue weighted by atomic mass is 9.80. The third kappa shape index (κ3) is 3.80. The zero-order valence-corrected chi connectivity index (χ0v) is 13.8. The second kappa shape index (κ2) is 6.84. The van der Waals surface area contributed by atoms with Gasteiger partial charge in [-0.1, -0.05) is 6.92 Å². The number of hydrogen-bond acceptors (Lipinski definition) is 5. The first kappa shape index (κ1) is 17.4. The van der Waals surface area contributed by atoms with Gasteiger partial charge in [0.15, 0.2) is 0 Å². The topological polar surface area (TPSA) is 41.5 Å². The van der Waals surface area contributed by atoms with Crippen molar-refractivity contribution in [2.24, 2.45) is 5.41 Å². The molecule has 2 fully saturated rings. The van der Waals surface area contributed by atoms with E-state index in [-0.39, 0.29) is 11.4 Å². The summed E-state index contributed by atoms with van der Waals surface area (Å²) in [5.41, 5.74) is -0.957. The number of piperidine rings is 1. The predicted octanol–water partition coefficient (Wildman–Crippen LogP) is 2.43. The normalized spacial score (nSPS) is 26.6. The third-order valence-corrected chi connectivity index (χ3v) is 4.84. The Labute approximate surface area is 139 Å². The third-order valence-electron chi connectivity index (χ3n) is 4.84. The first-order valence-corrected chi connectivity index (χ1v) is 8.37. The average Bonchev–Trinajstić information content (AvgIpc) is 2.76. The highest BCUT2D eigenvalue weighted by molar-refractivity contribution is 5.32. The van der Waals surface area contributed by atoms with Crippen LogP contribution in [0.1, 0.15) is 25.5 Å². The monoisotopic (exact) mass is 344 g/mol. The number of rotatable bonds is 2. The van der Waals surface area contributed by atoms with E-state index in [1.165, 1.54) is 6.20 Å². The van der Waals surface area contributed by atoms with E-state index in [9.17, 15) is 13.2 Å². The predicted molar refractivity (Wildman–Crippen MR) is 83.8 cm³/mol. The lowest BCUT2D eigenvalue weighted by Crippen LogP contribution is -2.51. The Morgan fingerprint density at radius 3 is 2.88 bits per heavy atom. The summed E-state index contributed by atoms with van der Waals surface area (Å²) in [5.74, 6) is 0.163. The second-order valence-electron chi connectivity index (χ2n) is 6.69. The van der Waals surface area contributed by atoms with E-state index >= 15 is 0 Å². The molecule has 1 atom stereocenters. The minimum absolute atomic E-state index is 0.0671. The molecule has 1 spiro atoms. The lowest BCUT2D eigenvalue weighted by molar-refractivity contribution is -0.141. The lowest BCUT2D eigenvalue weighted by Gasteiger charge is -2.43. The summed E-state index contributed by atoms with van der Waals surface area (Å²) < 4.78 is 44.5.